The molecule has 0 spiro atoms. The highest BCUT2D eigenvalue weighted by Gasteiger charge is 2.15. The standard InChI is InChI=1S/C8H16N/c1-7-3-5-8(9-2)6-4-7/h7-9H,1,3-6H2,2H3. The lowest BCUT2D eigenvalue weighted by atomic mass is 9.87. The quantitative estimate of drug-likeness (QED) is 0.562. The molecule has 0 amide bonds. The lowest BCUT2D eigenvalue weighted by Gasteiger charge is -2.25. The van der Waals surface area contributed by atoms with E-state index in [-0.39, 0.29) is 0 Å². The van der Waals surface area contributed by atoms with Gasteiger partial charge in [-0.25, -0.2) is 0 Å². The molecule has 53 valence electrons. The smallest absolute Gasteiger partial charge is 0.00642 e. The first kappa shape index (κ1) is 7.07. The Labute approximate surface area is 57.8 Å². The zero-order chi connectivity index (χ0) is 6.69. The molecule has 1 N–H and O–H groups in total. The van der Waals surface area contributed by atoms with Gasteiger partial charge in [-0.2, -0.15) is 0 Å². The second-order valence-corrected chi connectivity index (χ2v) is 3.01. The van der Waals surface area contributed by atoms with Gasteiger partial charge in [0.1, 0.15) is 0 Å². The number of rotatable bonds is 1. The van der Waals surface area contributed by atoms with E-state index in [1.165, 1.54) is 25.7 Å². The predicted molar refractivity (Wildman–Crippen MR) is 40.2 cm³/mol. The zero-order valence-corrected chi connectivity index (χ0v) is 6.19. The van der Waals surface area contributed by atoms with Crippen LogP contribution < -0.4 is 5.32 Å². The van der Waals surface area contributed by atoms with Gasteiger partial charge >= 0.3 is 0 Å². The van der Waals surface area contributed by atoms with E-state index < -0.39 is 0 Å². The largest absolute Gasteiger partial charge is 0.317 e. The van der Waals surface area contributed by atoms with Crippen molar-refractivity contribution in [1.29, 1.82) is 0 Å². The molecule has 0 bridgehead atoms. The van der Waals surface area contributed by atoms with Gasteiger partial charge < -0.3 is 5.32 Å². The average Bonchev–Trinajstić information content (AvgIpc) is 1.90. The van der Waals surface area contributed by atoms with Crippen LogP contribution in [0.1, 0.15) is 25.7 Å². The molecule has 1 fully saturated rings. The molecular formula is C8H16N. The van der Waals surface area contributed by atoms with E-state index in [2.05, 4.69) is 12.2 Å². The maximum absolute atomic E-state index is 4.04. The Morgan fingerprint density at radius 3 is 2.22 bits per heavy atom. The van der Waals surface area contributed by atoms with Crippen molar-refractivity contribution in [1.82, 2.24) is 5.32 Å². The van der Waals surface area contributed by atoms with E-state index in [0.29, 0.717) is 0 Å². The van der Waals surface area contributed by atoms with Crippen molar-refractivity contribution >= 4 is 0 Å². The predicted octanol–water partition coefficient (Wildman–Crippen LogP) is 1.60. The molecule has 1 heteroatoms. The Balaban J connectivity index is 2.18. The SMILES string of the molecule is [CH2]C1CCC(NC)CC1. The Bertz CT molecular complexity index is 72.6. The summed E-state index contributed by atoms with van der Waals surface area (Å²) < 4.78 is 0. The second-order valence-electron chi connectivity index (χ2n) is 3.01. The molecule has 0 aliphatic heterocycles. The van der Waals surface area contributed by atoms with Crippen molar-refractivity contribution in [2.45, 2.75) is 31.7 Å². The van der Waals surface area contributed by atoms with Gasteiger partial charge in [0.25, 0.3) is 0 Å². The molecule has 1 rings (SSSR count). The molecular weight excluding hydrogens is 110 g/mol. The number of hydrogen-bond donors (Lipinski definition) is 1. The number of hydrogen-bond acceptors (Lipinski definition) is 1. The van der Waals surface area contributed by atoms with Crippen molar-refractivity contribution in [3.05, 3.63) is 6.92 Å². The topological polar surface area (TPSA) is 12.0 Å². The molecule has 0 aromatic carbocycles. The Morgan fingerprint density at radius 1 is 1.22 bits per heavy atom. The average molecular weight is 126 g/mol. The molecule has 0 aromatic heterocycles. The van der Waals surface area contributed by atoms with Crippen LogP contribution in [-0.4, -0.2) is 13.1 Å². The van der Waals surface area contributed by atoms with Gasteiger partial charge in [-0.1, -0.05) is 6.92 Å². The third-order valence-electron chi connectivity index (χ3n) is 2.26. The van der Waals surface area contributed by atoms with E-state index in [9.17, 15) is 0 Å². The zero-order valence-electron chi connectivity index (χ0n) is 6.19. The molecule has 1 radical (unpaired) electrons. The summed E-state index contributed by atoms with van der Waals surface area (Å²) in [5.41, 5.74) is 0. The van der Waals surface area contributed by atoms with E-state index >= 15 is 0 Å². The van der Waals surface area contributed by atoms with E-state index in [1.807, 2.05) is 7.05 Å². The Morgan fingerprint density at radius 2 is 1.78 bits per heavy atom. The van der Waals surface area contributed by atoms with Crippen LogP contribution in [0.25, 0.3) is 0 Å². The van der Waals surface area contributed by atoms with Gasteiger partial charge in [0.15, 0.2) is 0 Å². The molecule has 0 aromatic rings. The van der Waals surface area contributed by atoms with Gasteiger partial charge in [-0.05, 0) is 38.6 Å². The fourth-order valence-electron chi connectivity index (χ4n) is 1.45. The van der Waals surface area contributed by atoms with Gasteiger partial charge in [0.05, 0.1) is 0 Å². The van der Waals surface area contributed by atoms with Crippen LogP contribution in [-0.2, 0) is 0 Å². The van der Waals surface area contributed by atoms with Crippen LogP contribution in [0.5, 0.6) is 0 Å². The minimum atomic E-state index is 0.731. The van der Waals surface area contributed by atoms with Crippen LogP contribution in [0.3, 0.4) is 0 Å². The van der Waals surface area contributed by atoms with Crippen LogP contribution in [0.2, 0.25) is 0 Å². The summed E-state index contributed by atoms with van der Waals surface area (Å²) in [5.74, 6) is 0.731. The van der Waals surface area contributed by atoms with Crippen LogP contribution in [0.15, 0.2) is 0 Å². The van der Waals surface area contributed by atoms with E-state index in [1.54, 1.807) is 0 Å². The van der Waals surface area contributed by atoms with Gasteiger partial charge in [-0.3, -0.25) is 0 Å². The van der Waals surface area contributed by atoms with Crippen molar-refractivity contribution in [2.75, 3.05) is 7.05 Å². The van der Waals surface area contributed by atoms with E-state index in [4.69, 9.17) is 0 Å². The van der Waals surface area contributed by atoms with Crippen LogP contribution >= 0.6 is 0 Å². The van der Waals surface area contributed by atoms with E-state index in [0.717, 1.165) is 12.0 Å². The maximum atomic E-state index is 4.04. The minimum Gasteiger partial charge on any atom is -0.317 e. The highest BCUT2D eigenvalue weighted by Crippen LogP contribution is 2.22. The third-order valence-corrected chi connectivity index (χ3v) is 2.26. The Hall–Kier alpha value is -0.0400. The molecule has 0 saturated heterocycles. The molecule has 1 aliphatic rings. The lowest BCUT2D eigenvalue weighted by Crippen LogP contribution is -2.29. The normalized spacial score (nSPS) is 36.7. The van der Waals surface area contributed by atoms with Crippen molar-refractivity contribution in [3.8, 4) is 0 Å². The lowest BCUT2D eigenvalue weighted by molar-refractivity contribution is 0.340. The molecule has 0 atom stereocenters. The summed E-state index contributed by atoms with van der Waals surface area (Å²) >= 11 is 0. The van der Waals surface area contributed by atoms with Gasteiger partial charge in [-0.15, -0.1) is 0 Å². The summed E-state index contributed by atoms with van der Waals surface area (Å²) in [7, 11) is 2.05. The van der Waals surface area contributed by atoms with Crippen LogP contribution in [0.4, 0.5) is 0 Å². The summed E-state index contributed by atoms with van der Waals surface area (Å²) in [6.07, 6.45) is 5.27. The summed E-state index contributed by atoms with van der Waals surface area (Å²) in [5, 5.41) is 3.30. The van der Waals surface area contributed by atoms with Crippen molar-refractivity contribution in [3.63, 3.8) is 0 Å². The van der Waals surface area contributed by atoms with Gasteiger partial charge in [0, 0.05) is 6.04 Å². The first-order chi connectivity index (χ1) is 4.33. The minimum absolute atomic E-state index is 0.731. The third kappa shape index (κ3) is 1.98. The molecule has 1 aliphatic carbocycles. The summed E-state index contributed by atoms with van der Waals surface area (Å²) in [6, 6.07) is 0.781. The van der Waals surface area contributed by atoms with Crippen LogP contribution in [0, 0.1) is 12.8 Å². The molecule has 0 unspecified atom stereocenters. The summed E-state index contributed by atoms with van der Waals surface area (Å²) in [6.45, 7) is 4.04. The maximum Gasteiger partial charge on any atom is 0.00642 e. The monoisotopic (exact) mass is 126 g/mol. The fourth-order valence-corrected chi connectivity index (χ4v) is 1.45. The second kappa shape index (κ2) is 3.21. The Kier molecular flexibility index (Phi) is 2.52. The first-order valence-electron chi connectivity index (χ1n) is 3.83. The van der Waals surface area contributed by atoms with Gasteiger partial charge in [0.2, 0.25) is 0 Å². The molecule has 0 heterocycles. The number of nitrogens with one attached hydrogen (secondary N) is 1. The highest BCUT2D eigenvalue weighted by atomic mass is 14.9. The van der Waals surface area contributed by atoms with Crippen molar-refractivity contribution < 1.29 is 0 Å². The fraction of sp³-hybridized carbons (Fsp3) is 0.875. The highest BCUT2D eigenvalue weighted by molar-refractivity contribution is 4.76. The molecule has 9 heavy (non-hydrogen) atoms. The summed E-state index contributed by atoms with van der Waals surface area (Å²) in [4.78, 5) is 0. The molecule has 1 saturated carbocycles. The van der Waals surface area contributed by atoms with Crippen molar-refractivity contribution in [2.24, 2.45) is 5.92 Å². The molecule has 1 nitrogen and oxygen atoms in total. The first-order valence-corrected chi connectivity index (χ1v) is 3.83.